The number of hydrogen-bond donors (Lipinski definition) is 1. The lowest BCUT2D eigenvalue weighted by Crippen LogP contribution is -2.38. The second-order valence-corrected chi connectivity index (χ2v) is 5.04. The van der Waals surface area contributed by atoms with Gasteiger partial charge in [-0.1, -0.05) is 30.3 Å². The SMILES string of the molecule is Cn1nc(C(=O)N(CCc2ccccc2)CC(=O)O)ccc1=O. The van der Waals surface area contributed by atoms with Crippen LogP contribution in [-0.4, -0.2) is 44.8 Å². The minimum Gasteiger partial charge on any atom is -0.480 e. The van der Waals surface area contributed by atoms with Crippen LogP contribution in [-0.2, 0) is 18.3 Å². The third-order valence-electron chi connectivity index (χ3n) is 3.31. The summed E-state index contributed by atoms with van der Waals surface area (Å²) in [4.78, 5) is 36.0. The molecule has 0 atom stereocenters. The fourth-order valence-corrected chi connectivity index (χ4v) is 2.10. The van der Waals surface area contributed by atoms with Crippen LogP contribution < -0.4 is 5.56 Å². The highest BCUT2D eigenvalue weighted by molar-refractivity contribution is 5.93. The molecular formula is C16H17N3O4. The van der Waals surface area contributed by atoms with Gasteiger partial charge in [0.05, 0.1) is 0 Å². The molecule has 2 rings (SSSR count). The van der Waals surface area contributed by atoms with E-state index in [4.69, 9.17) is 5.11 Å². The van der Waals surface area contributed by atoms with E-state index in [9.17, 15) is 14.4 Å². The van der Waals surface area contributed by atoms with E-state index in [-0.39, 0.29) is 17.8 Å². The van der Waals surface area contributed by atoms with Crippen LogP contribution in [0.25, 0.3) is 0 Å². The molecule has 1 aromatic heterocycles. The molecule has 0 saturated heterocycles. The quantitative estimate of drug-likeness (QED) is 0.840. The van der Waals surface area contributed by atoms with Crippen molar-refractivity contribution in [3.8, 4) is 0 Å². The smallest absolute Gasteiger partial charge is 0.323 e. The van der Waals surface area contributed by atoms with Crippen LogP contribution in [0.5, 0.6) is 0 Å². The molecule has 0 spiro atoms. The van der Waals surface area contributed by atoms with E-state index >= 15 is 0 Å². The third-order valence-corrected chi connectivity index (χ3v) is 3.31. The zero-order valence-corrected chi connectivity index (χ0v) is 12.7. The van der Waals surface area contributed by atoms with Crippen LogP contribution in [0.15, 0.2) is 47.3 Å². The summed E-state index contributed by atoms with van der Waals surface area (Å²) >= 11 is 0. The number of carbonyl (C=O) groups excluding carboxylic acids is 1. The van der Waals surface area contributed by atoms with Gasteiger partial charge in [0.25, 0.3) is 11.5 Å². The normalized spacial score (nSPS) is 10.3. The van der Waals surface area contributed by atoms with Crippen molar-refractivity contribution in [1.29, 1.82) is 0 Å². The van der Waals surface area contributed by atoms with Gasteiger partial charge >= 0.3 is 5.97 Å². The Morgan fingerprint density at radius 1 is 1.17 bits per heavy atom. The summed E-state index contributed by atoms with van der Waals surface area (Å²) in [6.45, 7) is -0.171. The highest BCUT2D eigenvalue weighted by Crippen LogP contribution is 2.05. The minimum atomic E-state index is -1.10. The molecule has 1 heterocycles. The average molecular weight is 315 g/mol. The van der Waals surface area contributed by atoms with Crippen molar-refractivity contribution in [3.63, 3.8) is 0 Å². The monoisotopic (exact) mass is 315 g/mol. The van der Waals surface area contributed by atoms with Crippen molar-refractivity contribution < 1.29 is 14.7 Å². The van der Waals surface area contributed by atoms with Gasteiger partial charge in [-0.15, -0.1) is 0 Å². The first-order valence-electron chi connectivity index (χ1n) is 7.06. The largest absolute Gasteiger partial charge is 0.480 e. The number of carboxylic acids is 1. The summed E-state index contributed by atoms with van der Waals surface area (Å²) in [6, 6.07) is 12.0. The Kier molecular flexibility index (Phi) is 5.24. The highest BCUT2D eigenvalue weighted by atomic mass is 16.4. The molecule has 0 radical (unpaired) electrons. The van der Waals surface area contributed by atoms with Crippen LogP contribution in [0.3, 0.4) is 0 Å². The van der Waals surface area contributed by atoms with E-state index in [0.717, 1.165) is 10.2 Å². The first kappa shape index (κ1) is 16.4. The van der Waals surface area contributed by atoms with Crippen LogP contribution in [0.4, 0.5) is 0 Å². The zero-order valence-electron chi connectivity index (χ0n) is 12.7. The maximum Gasteiger partial charge on any atom is 0.323 e. The van der Waals surface area contributed by atoms with E-state index < -0.39 is 18.4 Å². The number of carbonyl (C=O) groups is 2. The Labute approximate surface area is 132 Å². The molecule has 1 aromatic carbocycles. The van der Waals surface area contributed by atoms with Gasteiger partial charge in [0, 0.05) is 19.7 Å². The lowest BCUT2D eigenvalue weighted by atomic mass is 10.1. The molecule has 0 aliphatic heterocycles. The summed E-state index contributed by atoms with van der Waals surface area (Å²) in [7, 11) is 1.44. The Morgan fingerprint density at radius 3 is 2.48 bits per heavy atom. The Hall–Kier alpha value is -2.96. The van der Waals surface area contributed by atoms with E-state index in [1.807, 2.05) is 30.3 Å². The topological polar surface area (TPSA) is 92.5 Å². The lowest BCUT2D eigenvalue weighted by molar-refractivity contribution is -0.137. The number of nitrogens with zero attached hydrogens (tertiary/aromatic N) is 3. The van der Waals surface area contributed by atoms with Crippen molar-refractivity contribution in [3.05, 3.63) is 64.1 Å². The third kappa shape index (κ3) is 4.50. The first-order chi connectivity index (χ1) is 11.0. The number of carboxylic acid groups (broad SMARTS) is 1. The van der Waals surface area contributed by atoms with Gasteiger partial charge in [-0.05, 0) is 18.1 Å². The summed E-state index contributed by atoms with van der Waals surface area (Å²) in [5, 5.41) is 12.9. The van der Waals surface area contributed by atoms with Crippen molar-refractivity contribution in [1.82, 2.24) is 14.7 Å². The number of aryl methyl sites for hydroxylation is 1. The molecule has 0 bridgehead atoms. The Balaban J connectivity index is 2.16. The molecule has 0 aliphatic rings. The molecule has 0 aliphatic carbocycles. The van der Waals surface area contributed by atoms with Crippen molar-refractivity contribution in [2.75, 3.05) is 13.1 Å². The van der Waals surface area contributed by atoms with Gasteiger partial charge < -0.3 is 10.0 Å². The highest BCUT2D eigenvalue weighted by Gasteiger charge is 2.20. The van der Waals surface area contributed by atoms with E-state index in [1.165, 1.54) is 24.1 Å². The molecule has 0 saturated carbocycles. The predicted octanol–water partition coefficient (Wildman–Crippen LogP) is 0.550. The Bertz CT molecular complexity index is 755. The zero-order chi connectivity index (χ0) is 16.8. The number of rotatable bonds is 6. The molecule has 7 nitrogen and oxygen atoms in total. The number of benzene rings is 1. The fraction of sp³-hybridized carbons (Fsp3) is 0.250. The number of hydrogen-bond acceptors (Lipinski definition) is 4. The average Bonchev–Trinajstić information content (AvgIpc) is 2.54. The second kappa shape index (κ2) is 7.35. The molecule has 23 heavy (non-hydrogen) atoms. The molecule has 7 heteroatoms. The summed E-state index contributed by atoms with van der Waals surface area (Å²) in [6.07, 6.45) is 0.533. The molecule has 1 N–H and O–H groups in total. The molecule has 1 amide bonds. The number of amides is 1. The summed E-state index contributed by atoms with van der Waals surface area (Å²) in [5.74, 6) is -1.62. The van der Waals surface area contributed by atoms with E-state index in [2.05, 4.69) is 5.10 Å². The number of aromatic nitrogens is 2. The minimum absolute atomic E-state index is 0.0430. The standard InChI is InChI=1S/C16H17N3O4/c1-18-14(20)8-7-13(17-18)16(23)19(11-15(21)22)10-9-12-5-3-2-4-6-12/h2-8H,9-11H2,1H3,(H,21,22). The molecule has 120 valence electrons. The second-order valence-electron chi connectivity index (χ2n) is 5.04. The summed E-state index contributed by atoms with van der Waals surface area (Å²) in [5.41, 5.74) is 0.709. The van der Waals surface area contributed by atoms with Crippen LogP contribution in [0, 0.1) is 0 Å². The predicted molar refractivity (Wildman–Crippen MR) is 83.2 cm³/mol. The van der Waals surface area contributed by atoms with Crippen LogP contribution in [0.1, 0.15) is 16.1 Å². The van der Waals surface area contributed by atoms with Crippen molar-refractivity contribution in [2.45, 2.75) is 6.42 Å². The molecule has 0 fully saturated rings. The van der Waals surface area contributed by atoms with Gasteiger partial charge in [-0.2, -0.15) is 5.10 Å². The van der Waals surface area contributed by atoms with Gasteiger partial charge in [0.15, 0.2) is 0 Å². The van der Waals surface area contributed by atoms with Crippen molar-refractivity contribution in [2.24, 2.45) is 7.05 Å². The molecule has 0 unspecified atom stereocenters. The van der Waals surface area contributed by atoms with Gasteiger partial charge in [0.1, 0.15) is 12.2 Å². The fourth-order valence-electron chi connectivity index (χ4n) is 2.10. The maximum absolute atomic E-state index is 12.4. The van der Waals surface area contributed by atoms with Crippen molar-refractivity contribution >= 4 is 11.9 Å². The first-order valence-corrected chi connectivity index (χ1v) is 7.06. The number of aliphatic carboxylic acids is 1. The Morgan fingerprint density at radius 2 is 1.87 bits per heavy atom. The van der Waals surface area contributed by atoms with Gasteiger partial charge in [-0.3, -0.25) is 14.4 Å². The van der Waals surface area contributed by atoms with Gasteiger partial charge in [0.2, 0.25) is 0 Å². The van der Waals surface area contributed by atoms with E-state index in [1.54, 1.807) is 0 Å². The van der Waals surface area contributed by atoms with Crippen LogP contribution in [0.2, 0.25) is 0 Å². The maximum atomic E-state index is 12.4. The molecule has 2 aromatic rings. The van der Waals surface area contributed by atoms with Crippen LogP contribution >= 0.6 is 0 Å². The van der Waals surface area contributed by atoms with E-state index in [0.29, 0.717) is 6.42 Å². The van der Waals surface area contributed by atoms with Gasteiger partial charge in [-0.25, -0.2) is 4.68 Å². The summed E-state index contributed by atoms with van der Waals surface area (Å²) < 4.78 is 1.05. The molecular weight excluding hydrogens is 298 g/mol. The lowest BCUT2D eigenvalue weighted by Gasteiger charge is -2.20.